The lowest BCUT2D eigenvalue weighted by molar-refractivity contribution is -0.161. The highest BCUT2D eigenvalue weighted by Crippen LogP contribution is 2.27. The molecule has 12 N–H and O–H groups in total. The molecular weight excluding hydrogens is 552 g/mol. The fourth-order valence-corrected chi connectivity index (χ4v) is 4.56. The topological polar surface area (TPSA) is 273 Å². The van der Waals surface area contributed by atoms with E-state index in [2.05, 4.69) is 9.97 Å². The Bertz CT molecular complexity index is 1480. The molecule has 4 rings (SSSR count). The van der Waals surface area contributed by atoms with Crippen LogP contribution in [-0.2, 0) is 32.0 Å². The van der Waals surface area contributed by atoms with Crippen molar-refractivity contribution in [3.63, 3.8) is 0 Å². The van der Waals surface area contributed by atoms with Gasteiger partial charge in [-0.3, -0.25) is 9.59 Å². The van der Waals surface area contributed by atoms with Gasteiger partial charge in [0.2, 0.25) is 0 Å². The molecule has 4 aromatic rings. The third kappa shape index (κ3) is 7.30. The van der Waals surface area contributed by atoms with Crippen LogP contribution in [-0.4, -0.2) is 87.8 Å². The zero-order valence-electron chi connectivity index (χ0n) is 22.2. The molecule has 42 heavy (non-hydrogen) atoms. The number of carboxylic acid groups (broad SMARTS) is 4. The van der Waals surface area contributed by atoms with Gasteiger partial charge in [-0.05, 0) is 23.3 Å². The monoisotopic (exact) mass is 584 g/mol. The third-order valence-corrected chi connectivity index (χ3v) is 6.86. The number of aromatic amines is 2. The Morgan fingerprint density at radius 1 is 0.643 bits per heavy atom. The van der Waals surface area contributed by atoms with Crippen LogP contribution in [0.2, 0.25) is 0 Å². The van der Waals surface area contributed by atoms with E-state index < -0.39 is 60.0 Å². The van der Waals surface area contributed by atoms with Crippen LogP contribution in [0.5, 0.6) is 0 Å². The highest BCUT2D eigenvalue weighted by Gasteiger charge is 2.41. The Morgan fingerprint density at radius 3 is 1.29 bits per heavy atom. The van der Waals surface area contributed by atoms with E-state index >= 15 is 0 Å². The van der Waals surface area contributed by atoms with Crippen LogP contribution in [0.15, 0.2) is 60.9 Å². The number of nitrogens with one attached hydrogen (secondary N) is 2. The lowest BCUT2D eigenvalue weighted by Crippen LogP contribution is -2.48. The van der Waals surface area contributed by atoms with Crippen molar-refractivity contribution in [2.24, 2.45) is 11.5 Å². The molecule has 0 bridgehead atoms. The summed E-state index contributed by atoms with van der Waals surface area (Å²) in [5, 5.41) is 58.2. The summed E-state index contributed by atoms with van der Waals surface area (Å²) >= 11 is 0. The number of benzene rings is 2. The summed E-state index contributed by atoms with van der Waals surface area (Å²) in [5.41, 5.74) is 9.03. The van der Waals surface area contributed by atoms with Crippen molar-refractivity contribution in [2.45, 2.75) is 49.0 Å². The molecule has 2 heterocycles. The van der Waals surface area contributed by atoms with Gasteiger partial charge in [0.05, 0.1) is 0 Å². The largest absolute Gasteiger partial charge is 0.480 e. The molecule has 14 nitrogen and oxygen atoms in total. The minimum atomic E-state index is -2.23. The van der Waals surface area contributed by atoms with Crippen LogP contribution < -0.4 is 11.5 Å². The maximum Gasteiger partial charge on any atom is 0.336 e. The van der Waals surface area contributed by atoms with Gasteiger partial charge in [-0.25, -0.2) is 9.59 Å². The minimum absolute atomic E-state index is 0.229. The molecule has 0 amide bonds. The Morgan fingerprint density at radius 2 is 0.976 bits per heavy atom. The van der Waals surface area contributed by atoms with Crippen molar-refractivity contribution >= 4 is 45.7 Å². The van der Waals surface area contributed by atoms with Crippen molar-refractivity contribution in [1.29, 1.82) is 0 Å². The molecule has 14 heteroatoms. The summed E-state index contributed by atoms with van der Waals surface area (Å²) in [4.78, 5) is 50.2. The second-order valence-electron chi connectivity index (χ2n) is 10.0. The first kappa shape index (κ1) is 31.8. The predicted octanol–water partition coefficient (Wildman–Crippen LogP) is 0.656. The Labute approximate surface area is 238 Å². The lowest BCUT2D eigenvalue weighted by Gasteiger charge is -2.24. The van der Waals surface area contributed by atoms with Gasteiger partial charge in [0.25, 0.3) is 0 Å². The van der Waals surface area contributed by atoms with Crippen molar-refractivity contribution in [1.82, 2.24) is 9.97 Å². The first-order valence-corrected chi connectivity index (χ1v) is 12.6. The van der Waals surface area contributed by atoms with Gasteiger partial charge in [0.15, 0.2) is 11.2 Å². The average molecular weight is 585 g/mol. The summed E-state index contributed by atoms with van der Waals surface area (Å²) in [6.07, 6.45) is 1.60. The highest BCUT2D eigenvalue weighted by molar-refractivity contribution is 5.87. The van der Waals surface area contributed by atoms with E-state index in [0.717, 1.165) is 21.8 Å². The Balaban J connectivity index is 0.000000230. The van der Waals surface area contributed by atoms with E-state index in [1.165, 1.54) is 0 Å². The average Bonchev–Trinajstić information content (AvgIpc) is 3.52. The number of hydrogen-bond acceptors (Lipinski definition) is 8. The number of aliphatic hydroxyl groups is 2. The second kappa shape index (κ2) is 12.8. The smallest absolute Gasteiger partial charge is 0.336 e. The molecular formula is C28H32N4O10. The van der Waals surface area contributed by atoms with Gasteiger partial charge in [-0.2, -0.15) is 0 Å². The number of carbonyl (C=O) groups is 4. The Hall–Kier alpha value is -4.76. The summed E-state index contributed by atoms with van der Waals surface area (Å²) < 4.78 is 0. The van der Waals surface area contributed by atoms with E-state index in [1.54, 1.807) is 36.7 Å². The van der Waals surface area contributed by atoms with Gasteiger partial charge in [-0.1, -0.05) is 36.4 Å². The number of aromatic nitrogens is 2. The first-order valence-electron chi connectivity index (χ1n) is 12.6. The summed E-state index contributed by atoms with van der Waals surface area (Å²) in [6, 6.07) is 11.6. The zero-order valence-corrected chi connectivity index (χ0v) is 22.2. The quantitative estimate of drug-likeness (QED) is 0.110. The maximum atomic E-state index is 11.3. The summed E-state index contributed by atoms with van der Waals surface area (Å²) in [6.45, 7) is 0. The summed E-state index contributed by atoms with van der Waals surface area (Å²) in [5.74, 6) is -5.70. The van der Waals surface area contributed by atoms with E-state index in [1.807, 2.05) is 24.3 Å². The van der Waals surface area contributed by atoms with E-state index in [-0.39, 0.29) is 12.8 Å². The van der Waals surface area contributed by atoms with Crippen LogP contribution in [0.3, 0.4) is 0 Å². The van der Waals surface area contributed by atoms with Gasteiger partial charge in [-0.15, -0.1) is 0 Å². The summed E-state index contributed by atoms with van der Waals surface area (Å²) in [7, 11) is 0. The number of H-pyrrole nitrogens is 2. The van der Waals surface area contributed by atoms with E-state index in [4.69, 9.17) is 21.7 Å². The number of para-hydroxylation sites is 2. The zero-order chi connectivity index (χ0) is 31.2. The molecule has 0 aliphatic carbocycles. The lowest BCUT2D eigenvalue weighted by atomic mass is 9.88. The second-order valence-corrected chi connectivity index (χ2v) is 10.0. The fourth-order valence-electron chi connectivity index (χ4n) is 4.56. The van der Waals surface area contributed by atoms with Crippen LogP contribution >= 0.6 is 0 Å². The highest BCUT2D eigenvalue weighted by atomic mass is 16.4. The Kier molecular flexibility index (Phi) is 9.70. The molecule has 2 aromatic heterocycles. The van der Waals surface area contributed by atoms with Gasteiger partial charge in [0, 0.05) is 59.9 Å². The molecule has 4 atom stereocenters. The van der Waals surface area contributed by atoms with Crippen LogP contribution in [0.4, 0.5) is 0 Å². The fraction of sp³-hybridized carbons (Fsp3) is 0.286. The van der Waals surface area contributed by atoms with E-state index in [9.17, 15) is 39.6 Å². The molecule has 0 saturated carbocycles. The number of fused-ring (bicyclic) bond motifs is 2. The van der Waals surface area contributed by atoms with Crippen molar-refractivity contribution in [3.8, 4) is 0 Å². The van der Waals surface area contributed by atoms with Gasteiger partial charge in [0.1, 0.15) is 12.1 Å². The molecule has 0 aliphatic rings. The van der Waals surface area contributed by atoms with Crippen molar-refractivity contribution in [2.75, 3.05) is 0 Å². The number of hydrogen-bond donors (Lipinski definition) is 10. The van der Waals surface area contributed by atoms with Crippen molar-refractivity contribution in [3.05, 3.63) is 72.1 Å². The normalized spacial score (nSPS) is 15.5. The predicted molar refractivity (Wildman–Crippen MR) is 150 cm³/mol. The molecule has 2 aromatic carbocycles. The minimum Gasteiger partial charge on any atom is -0.480 e. The maximum absolute atomic E-state index is 11.3. The van der Waals surface area contributed by atoms with Gasteiger partial charge >= 0.3 is 23.9 Å². The molecule has 3 unspecified atom stereocenters. The van der Waals surface area contributed by atoms with Crippen molar-refractivity contribution < 1.29 is 49.8 Å². The number of rotatable bonds is 12. The SMILES string of the molecule is NC(CC(O)(Cc1c[nH]c2ccccc12)C(=O)O)C(=O)O.N[C@@H](CC(O)(Cc1c[nH]c2ccccc12)C(=O)O)C(=O)O. The molecule has 0 spiro atoms. The molecule has 0 fully saturated rings. The molecule has 0 radical (unpaired) electrons. The molecule has 0 saturated heterocycles. The van der Waals surface area contributed by atoms with Gasteiger partial charge < -0.3 is 52.1 Å². The number of nitrogens with two attached hydrogens (primary N) is 2. The van der Waals surface area contributed by atoms with Crippen LogP contribution in [0.1, 0.15) is 24.0 Å². The van der Waals surface area contributed by atoms with Crippen LogP contribution in [0.25, 0.3) is 21.8 Å². The molecule has 0 aliphatic heterocycles. The van der Waals surface area contributed by atoms with Crippen LogP contribution in [0, 0.1) is 0 Å². The molecule has 224 valence electrons. The number of carboxylic acids is 4. The number of aliphatic carboxylic acids is 4. The first-order chi connectivity index (χ1) is 19.7. The standard InChI is InChI=1S/2C14H16N2O5/c2*15-10(12(17)18)6-14(21,13(19)20)5-8-7-16-11-4-2-1-3-9(8)11/h2*1-4,7,10,16,21H,5-6,15H2,(H,17,18)(H,19,20)/t10-,14?;/m0./s1. The van der Waals surface area contributed by atoms with E-state index in [0.29, 0.717) is 11.1 Å². The third-order valence-electron chi connectivity index (χ3n) is 6.86.